The molecule has 0 aliphatic rings. The quantitative estimate of drug-likeness (QED) is 0.678. The highest BCUT2D eigenvalue weighted by Crippen LogP contribution is 2.33. The third-order valence-electron chi connectivity index (χ3n) is 3.62. The Morgan fingerprint density at radius 1 is 1.21 bits per heavy atom. The zero-order valence-corrected chi connectivity index (χ0v) is 10.8. The zero-order valence-electron chi connectivity index (χ0n) is 10.8. The monoisotopic (exact) mass is 199 g/mol. The van der Waals surface area contributed by atoms with E-state index in [1.54, 1.807) is 6.92 Å². The molecular formula is C12H25NO. The van der Waals surface area contributed by atoms with Crippen LogP contribution in [0.2, 0.25) is 0 Å². The molecule has 0 heterocycles. The van der Waals surface area contributed by atoms with Crippen molar-refractivity contribution in [1.29, 1.82) is 0 Å². The molecule has 2 nitrogen and oxygen atoms in total. The van der Waals surface area contributed by atoms with Crippen LogP contribution in [-0.4, -0.2) is 30.3 Å². The molecule has 0 spiro atoms. The molecule has 0 aromatic carbocycles. The number of ketones is 1. The molecule has 0 aromatic rings. The van der Waals surface area contributed by atoms with Gasteiger partial charge in [-0.05, 0) is 40.8 Å². The standard InChI is InChI=1S/C12H25NO/c1-8-12(5,13(6)7)9-11(3,4)10(2)14/h8-9H2,1-7H3. The van der Waals surface area contributed by atoms with Gasteiger partial charge in [0, 0.05) is 11.0 Å². The molecule has 0 rings (SSSR count). The van der Waals surface area contributed by atoms with Gasteiger partial charge in [0.25, 0.3) is 0 Å². The van der Waals surface area contributed by atoms with Crippen LogP contribution in [0.15, 0.2) is 0 Å². The Balaban J connectivity index is 4.70. The molecule has 0 N–H and O–H groups in total. The summed E-state index contributed by atoms with van der Waals surface area (Å²) < 4.78 is 0. The lowest BCUT2D eigenvalue weighted by molar-refractivity contribution is -0.126. The average molecular weight is 199 g/mol. The van der Waals surface area contributed by atoms with Gasteiger partial charge in [0.05, 0.1) is 0 Å². The van der Waals surface area contributed by atoms with Crippen molar-refractivity contribution in [2.75, 3.05) is 14.1 Å². The van der Waals surface area contributed by atoms with Crippen LogP contribution in [0.4, 0.5) is 0 Å². The van der Waals surface area contributed by atoms with Crippen LogP contribution in [0.25, 0.3) is 0 Å². The second-order valence-corrected chi connectivity index (χ2v) is 5.36. The van der Waals surface area contributed by atoms with Gasteiger partial charge in [0.1, 0.15) is 5.78 Å². The van der Waals surface area contributed by atoms with E-state index in [4.69, 9.17) is 0 Å². The smallest absolute Gasteiger partial charge is 0.135 e. The van der Waals surface area contributed by atoms with Crippen LogP contribution < -0.4 is 0 Å². The van der Waals surface area contributed by atoms with Crippen molar-refractivity contribution in [1.82, 2.24) is 4.90 Å². The van der Waals surface area contributed by atoms with Crippen molar-refractivity contribution in [3.05, 3.63) is 0 Å². The van der Waals surface area contributed by atoms with Crippen molar-refractivity contribution >= 4 is 5.78 Å². The van der Waals surface area contributed by atoms with Crippen LogP contribution in [0.5, 0.6) is 0 Å². The zero-order chi connectivity index (χ0) is 11.6. The highest BCUT2D eigenvalue weighted by atomic mass is 16.1. The summed E-state index contributed by atoms with van der Waals surface area (Å²) in [6.45, 7) is 10.2. The summed E-state index contributed by atoms with van der Waals surface area (Å²) in [5.74, 6) is 0.277. The molecule has 1 atom stereocenters. The van der Waals surface area contributed by atoms with Gasteiger partial charge in [0.2, 0.25) is 0 Å². The molecule has 0 fully saturated rings. The fraction of sp³-hybridized carbons (Fsp3) is 0.917. The highest BCUT2D eigenvalue weighted by molar-refractivity contribution is 5.81. The first-order valence-corrected chi connectivity index (χ1v) is 5.34. The van der Waals surface area contributed by atoms with Gasteiger partial charge < -0.3 is 4.90 Å². The van der Waals surface area contributed by atoms with E-state index in [0.717, 1.165) is 12.8 Å². The maximum absolute atomic E-state index is 11.5. The number of hydrogen-bond acceptors (Lipinski definition) is 2. The van der Waals surface area contributed by atoms with Gasteiger partial charge in [-0.3, -0.25) is 4.79 Å². The van der Waals surface area contributed by atoms with Crippen LogP contribution in [0.3, 0.4) is 0 Å². The number of carbonyl (C=O) groups excluding carboxylic acids is 1. The molecule has 0 aliphatic carbocycles. The van der Waals surface area contributed by atoms with Gasteiger partial charge in [-0.1, -0.05) is 20.8 Å². The summed E-state index contributed by atoms with van der Waals surface area (Å²) in [5, 5.41) is 0. The molecule has 0 amide bonds. The Morgan fingerprint density at radius 2 is 1.64 bits per heavy atom. The SMILES string of the molecule is CCC(C)(CC(C)(C)C(C)=O)N(C)C. The van der Waals surface area contributed by atoms with Crippen molar-refractivity contribution in [3.63, 3.8) is 0 Å². The highest BCUT2D eigenvalue weighted by Gasteiger charge is 2.35. The number of hydrogen-bond donors (Lipinski definition) is 0. The second kappa shape index (κ2) is 4.43. The molecule has 84 valence electrons. The normalized spacial score (nSPS) is 16.9. The minimum atomic E-state index is -0.213. The second-order valence-electron chi connectivity index (χ2n) is 5.36. The van der Waals surface area contributed by atoms with E-state index in [0.29, 0.717) is 0 Å². The van der Waals surface area contributed by atoms with E-state index in [9.17, 15) is 4.79 Å². The minimum Gasteiger partial charge on any atom is -0.304 e. The van der Waals surface area contributed by atoms with E-state index in [1.807, 2.05) is 13.8 Å². The molecule has 2 heteroatoms. The Kier molecular flexibility index (Phi) is 4.32. The summed E-state index contributed by atoms with van der Waals surface area (Å²) in [7, 11) is 4.17. The minimum absolute atomic E-state index is 0.120. The van der Waals surface area contributed by atoms with Crippen molar-refractivity contribution in [3.8, 4) is 0 Å². The number of nitrogens with zero attached hydrogens (tertiary/aromatic N) is 1. The fourth-order valence-corrected chi connectivity index (χ4v) is 1.68. The molecular weight excluding hydrogens is 174 g/mol. The number of Topliss-reactive ketones (excluding diaryl/α,β-unsaturated/α-hetero) is 1. The largest absolute Gasteiger partial charge is 0.304 e. The Hall–Kier alpha value is -0.370. The van der Waals surface area contributed by atoms with Crippen LogP contribution in [0.1, 0.15) is 47.5 Å². The average Bonchev–Trinajstić information content (AvgIpc) is 2.02. The molecule has 0 aliphatic heterocycles. The van der Waals surface area contributed by atoms with Crippen molar-refractivity contribution in [2.24, 2.45) is 5.41 Å². The molecule has 0 radical (unpaired) electrons. The molecule has 0 bridgehead atoms. The van der Waals surface area contributed by atoms with Crippen LogP contribution in [0, 0.1) is 5.41 Å². The summed E-state index contributed by atoms with van der Waals surface area (Å²) in [6.07, 6.45) is 1.98. The van der Waals surface area contributed by atoms with Gasteiger partial charge in [-0.2, -0.15) is 0 Å². The molecule has 0 saturated heterocycles. The first kappa shape index (κ1) is 13.6. The predicted molar refractivity (Wildman–Crippen MR) is 61.5 cm³/mol. The molecule has 0 saturated carbocycles. The Bertz CT molecular complexity index is 208. The predicted octanol–water partition coefficient (Wildman–Crippen LogP) is 2.72. The summed E-state index contributed by atoms with van der Waals surface area (Å²) in [5.41, 5.74) is -0.0931. The summed E-state index contributed by atoms with van der Waals surface area (Å²) >= 11 is 0. The number of carbonyl (C=O) groups is 1. The summed E-state index contributed by atoms with van der Waals surface area (Å²) in [6, 6.07) is 0. The first-order valence-electron chi connectivity index (χ1n) is 5.34. The van der Waals surface area contributed by atoms with Gasteiger partial charge in [0.15, 0.2) is 0 Å². The van der Waals surface area contributed by atoms with E-state index >= 15 is 0 Å². The van der Waals surface area contributed by atoms with Gasteiger partial charge in [-0.25, -0.2) is 0 Å². The lowest BCUT2D eigenvalue weighted by Crippen LogP contribution is -2.45. The number of rotatable bonds is 5. The third-order valence-corrected chi connectivity index (χ3v) is 3.62. The fourth-order valence-electron chi connectivity index (χ4n) is 1.68. The van der Waals surface area contributed by atoms with E-state index in [-0.39, 0.29) is 16.7 Å². The Morgan fingerprint density at radius 3 is 1.86 bits per heavy atom. The maximum Gasteiger partial charge on any atom is 0.135 e. The van der Waals surface area contributed by atoms with Gasteiger partial charge >= 0.3 is 0 Å². The molecule has 14 heavy (non-hydrogen) atoms. The van der Waals surface area contributed by atoms with Gasteiger partial charge in [-0.15, -0.1) is 0 Å². The lowest BCUT2D eigenvalue weighted by Gasteiger charge is -2.41. The maximum atomic E-state index is 11.5. The lowest BCUT2D eigenvalue weighted by atomic mass is 9.75. The van der Waals surface area contributed by atoms with Crippen molar-refractivity contribution in [2.45, 2.75) is 53.0 Å². The molecule has 0 aromatic heterocycles. The topological polar surface area (TPSA) is 20.3 Å². The third kappa shape index (κ3) is 3.09. The Labute approximate surface area is 88.7 Å². The van der Waals surface area contributed by atoms with Crippen molar-refractivity contribution < 1.29 is 4.79 Å². The summed E-state index contributed by atoms with van der Waals surface area (Å²) in [4.78, 5) is 13.7. The van der Waals surface area contributed by atoms with Crippen LogP contribution >= 0.6 is 0 Å². The van der Waals surface area contributed by atoms with E-state index in [1.165, 1.54) is 0 Å². The van der Waals surface area contributed by atoms with Crippen LogP contribution in [-0.2, 0) is 4.79 Å². The molecule has 1 unspecified atom stereocenters. The van der Waals surface area contributed by atoms with E-state index < -0.39 is 0 Å². The van der Waals surface area contributed by atoms with E-state index in [2.05, 4.69) is 32.8 Å². The first-order chi connectivity index (χ1) is 6.15.